The van der Waals surface area contributed by atoms with Crippen molar-refractivity contribution in [3.05, 3.63) is 0 Å². The van der Waals surface area contributed by atoms with Gasteiger partial charge in [0.1, 0.15) is 6.04 Å². The first-order valence-electron chi connectivity index (χ1n) is 6.25. The first-order chi connectivity index (χ1) is 9.21. The van der Waals surface area contributed by atoms with Gasteiger partial charge in [-0.3, -0.25) is 14.5 Å². The van der Waals surface area contributed by atoms with E-state index >= 15 is 0 Å². The van der Waals surface area contributed by atoms with Gasteiger partial charge in [-0.2, -0.15) is 4.31 Å². The normalized spacial score (nSPS) is 21.1. The fourth-order valence-electron chi connectivity index (χ4n) is 2.01. The molecule has 1 N–H and O–H groups in total. The van der Waals surface area contributed by atoms with Gasteiger partial charge in [0.15, 0.2) is 5.25 Å². The van der Waals surface area contributed by atoms with Crippen molar-refractivity contribution in [1.82, 2.24) is 9.21 Å². The fraction of sp³-hybridized carbons (Fsp3) is 0.818. The maximum atomic E-state index is 12.2. The lowest BCUT2D eigenvalue weighted by Crippen LogP contribution is -2.55. The monoisotopic (exact) mass is 308 g/mol. The van der Waals surface area contributed by atoms with Crippen molar-refractivity contribution in [3.63, 3.8) is 0 Å². The van der Waals surface area contributed by atoms with Gasteiger partial charge in [0.05, 0.1) is 7.11 Å². The van der Waals surface area contributed by atoms with Crippen LogP contribution in [0.5, 0.6) is 0 Å². The summed E-state index contributed by atoms with van der Waals surface area (Å²) in [7, 11) is -2.62. The summed E-state index contributed by atoms with van der Waals surface area (Å²) in [6.07, 6.45) is 0. The van der Waals surface area contributed by atoms with Gasteiger partial charge in [-0.05, 0) is 13.8 Å². The van der Waals surface area contributed by atoms with Crippen molar-refractivity contribution in [2.45, 2.75) is 25.1 Å². The molecule has 1 heterocycles. The minimum atomic E-state index is -3.76. The van der Waals surface area contributed by atoms with E-state index in [2.05, 4.69) is 4.74 Å². The van der Waals surface area contributed by atoms with Crippen molar-refractivity contribution >= 4 is 22.0 Å². The Morgan fingerprint density at radius 1 is 1.15 bits per heavy atom. The third-order valence-corrected chi connectivity index (χ3v) is 5.69. The number of hydrogen-bond acceptors (Lipinski definition) is 6. The molecule has 0 aromatic rings. The minimum absolute atomic E-state index is 0.168. The van der Waals surface area contributed by atoms with E-state index in [-0.39, 0.29) is 13.1 Å². The van der Waals surface area contributed by atoms with Gasteiger partial charge in [0.25, 0.3) is 0 Å². The number of aliphatic carboxylic acids is 1. The second kappa shape index (κ2) is 6.51. The molecular formula is C11H20N2O6S. The van der Waals surface area contributed by atoms with Gasteiger partial charge in [-0.25, -0.2) is 8.42 Å². The standard InChI is InChI=1S/C11H20N2O6S/c1-8(10(14)15)12-4-6-13(7-5-12)20(17,18)9(2)11(16)19-3/h8-9H,4-7H2,1-3H3,(H,14,15). The van der Waals surface area contributed by atoms with Crippen LogP contribution in [0.25, 0.3) is 0 Å². The third kappa shape index (κ3) is 3.47. The summed E-state index contributed by atoms with van der Waals surface area (Å²) in [6, 6.07) is -0.655. The highest BCUT2D eigenvalue weighted by molar-refractivity contribution is 7.90. The molecule has 1 aliphatic heterocycles. The van der Waals surface area contributed by atoms with Crippen LogP contribution in [0.4, 0.5) is 0 Å². The van der Waals surface area contributed by atoms with Crippen LogP contribution >= 0.6 is 0 Å². The first-order valence-corrected chi connectivity index (χ1v) is 7.75. The average Bonchev–Trinajstić information content (AvgIpc) is 2.44. The van der Waals surface area contributed by atoms with Crippen LogP contribution in [0.1, 0.15) is 13.8 Å². The summed E-state index contributed by atoms with van der Waals surface area (Å²) in [5.41, 5.74) is 0. The van der Waals surface area contributed by atoms with Crippen LogP contribution in [0.2, 0.25) is 0 Å². The molecular weight excluding hydrogens is 288 g/mol. The predicted octanol–water partition coefficient (Wildman–Crippen LogP) is -1.03. The molecule has 1 fully saturated rings. The zero-order valence-corrected chi connectivity index (χ0v) is 12.6. The molecule has 2 atom stereocenters. The Hall–Kier alpha value is -1.19. The molecule has 116 valence electrons. The first kappa shape index (κ1) is 16.9. The van der Waals surface area contributed by atoms with Gasteiger partial charge in [0.2, 0.25) is 10.0 Å². The van der Waals surface area contributed by atoms with Crippen molar-refractivity contribution in [2.24, 2.45) is 0 Å². The summed E-state index contributed by atoms with van der Waals surface area (Å²) in [5.74, 6) is -1.74. The minimum Gasteiger partial charge on any atom is -0.480 e. The average molecular weight is 308 g/mol. The van der Waals surface area contributed by atoms with Crippen molar-refractivity contribution in [2.75, 3.05) is 33.3 Å². The molecule has 1 rings (SSSR count). The molecule has 1 saturated heterocycles. The largest absolute Gasteiger partial charge is 0.480 e. The molecule has 2 unspecified atom stereocenters. The molecule has 0 amide bonds. The number of carboxylic acid groups (broad SMARTS) is 1. The molecule has 20 heavy (non-hydrogen) atoms. The molecule has 0 aromatic heterocycles. The van der Waals surface area contributed by atoms with Gasteiger partial charge in [0, 0.05) is 26.2 Å². The van der Waals surface area contributed by atoms with E-state index in [1.807, 2.05) is 0 Å². The van der Waals surface area contributed by atoms with Gasteiger partial charge >= 0.3 is 11.9 Å². The maximum absolute atomic E-state index is 12.2. The predicted molar refractivity (Wildman–Crippen MR) is 70.6 cm³/mol. The SMILES string of the molecule is COC(=O)C(C)S(=O)(=O)N1CCN(C(C)C(=O)O)CC1. The number of carboxylic acids is 1. The zero-order chi connectivity index (χ0) is 15.5. The Morgan fingerprint density at radius 3 is 2.05 bits per heavy atom. The second-order valence-corrected chi connectivity index (χ2v) is 6.91. The van der Waals surface area contributed by atoms with E-state index in [1.165, 1.54) is 11.2 Å². The third-order valence-electron chi connectivity index (χ3n) is 3.52. The van der Waals surface area contributed by atoms with Gasteiger partial charge in [-0.15, -0.1) is 0 Å². The van der Waals surface area contributed by atoms with Crippen LogP contribution in [0.3, 0.4) is 0 Å². The highest BCUT2D eigenvalue weighted by Crippen LogP contribution is 2.15. The highest BCUT2D eigenvalue weighted by Gasteiger charge is 2.37. The van der Waals surface area contributed by atoms with Crippen LogP contribution < -0.4 is 0 Å². The van der Waals surface area contributed by atoms with E-state index in [0.29, 0.717) is 13.1 Å². The zero-order valence-electron chi connectivity index (χ0n) is 11.8. The molecule has 0 aromatic carbocycles. The van der Waals surface area contributed by atoms with Crippen molar-refractivity contribution in [3.8, 4) is 0 Å². The highest BCUT2D eigenvalue weighted by atomic mass is 32.2. The van der Waals surface area contributed by atoms with E-state index in [0.717, 1.165) is 7.11 Å². The van der Waals surface area contributed by atoms with E-state index in [1.54, 1.807) is 11.8 Å². The summed E-state index contributed by atoms with van der Waals surface area (Å²) in [5, 5.41) is 7.66. The summed E-state index contributed by atoms with van der Waals surface area (Å²) in [4.78, 5) is 23.9. The van der Waals surface area contributed by atoms with Crippen LogP contribution in [0, 0.1) is 0 Å². The van der Waals surface area contributed by atoms with E-state index in [4.69, 9.17) is 5.11 Å². The Balaban J connectivity index is 2.69. The second-order valence-electron chi connectivity index (χ2n) is 4.66. The smallest absolute Gasteiger partial charge is 0.325 e. The van der Waals surface area contributed by atoms with Gasteiger partial charge in [-0.1, -0.05) is 0 Å². The number of piperazine rings is 1. The fourth-order valence-corrected chi connectivity index (χ4v) is 3.47. The quantitative estimate of drug-likeness (QED) is 0.647. The number of ether oxygens (including phenoxy) is 1. The van der Waals surface area contributed by atoms with Crippen LogP contribution in [0.15, 0.2) is 0 Å². The molecule has 8 nitrogen and oxygen atoms in total. The molecule has 1 aliphatic rings. The molecule has 0 bridgehead atoms. The number of nitrogens with zero attached hydrogens (tertiary/aromatic N) is 2. The Kier molecular flexibility index (Phi) is 5.49. The number of carbonyl (C=O) groups is 2. The Labute approximate surface area is 118 Å². The number of carbonyl (C=O) groups excluding carboxylic acids is 1. The summed E-state index contributed by atoms with van der Waals surface area (Å²) < 4.78 is 30.0. The molecule has 0 radical (unpaired) electrons. The maximum Gasteiger partial charge on any atom is 0.325 e. The molecule has 0 saturated carbocycles. The molecule has 9 heteroatoms. The lowest BCUT2D eigenvalue weighted by molar-refractivity contribution is -0.143. The number of rotatable bonds is 5. The number of hydrogen-bond donors (Lipinski definition) is 1. The number of esters is 1. The van der Waals surface area contributed by atoms with Crippen LogP contribution in [-0.4, -0.2) is 79.2 Å². The van der Waals surface area contributed by atoms with Crippen molar-refractivity contribution in [1.29, 1.82) is 0 Å². The van der Waals surface area contributed by atoms with E-state index in [9.17, 15) is 18.0 Å². The lowest BCUT2D eigenvalue weighted by atomic mass is 10.2. The topological polar surface area (TPSA) is 104 Å². The van der Waals surface area contributed by atoms with Crippen molar-refractivity contribution < 1.29 is 27.9 Å². The van der Waals surface area contributed by atoms with Crippen LogP contribution in [-0.2, 0) is 24.3 Å². The number of methoxy groups -OCH3 is 1. The number of sulfonamides is 1. The summed E-state index contributed by atoms with van der Waals surface area (Å²) in [6.45, 7) is 3.82. The Bertz CT molecular complexity index is 469. The summed E-state index contributed by atoms with van der Waals surface area (Å²) >= 11 is 0. The molecule has 0 aliphatic carbocycles. The Morgan fingerprint density at radius 2 is 1.65 bits per heavy atom. The van der Waals surface area contributed by atoms with Gasteiger partial charge < -0.3 is 9.84 Å². The van der Waals surface area contributed by atoms with E-state index < -0.39 is 33.3 Å². The lowest BCUT2D eigenvalue weighted by Gasteiger charge is -2.36. The molecule has 0 spiro atoms.